The number of hydrogen-bond donors (Lipinski definition) is 1. The summed E-state index contributed by atoms with van der Waals surface area (Å²) in [4.78, 5) is 2.31. The molecular weight excluding hydrogens is 262 g/mol. The predicted octanol–water partition coefficient (Wildman–Crippen LogP) is 2.69. The van der Waals surface area contributed by atoms with Gasteiger partial charge in [-0.25, -0.2) is 4.39 Å². The Morgan fingerprint density at radius 3 is 2.88 bits per heavy atom. The summed E-state index contributed by atoms with van der Waals surface area (Å²) in [5.74, 6) is -0.259. The van der Waals surface area contributed by atoms with Crippen LogP contribution < -0.4 is 5.32 Å². The van der Waals surface area contributed by atoms with Gasteiger partial charge in [0.2, 0.25) is 0 Å². The number of piperazine rings is 1. The zero-order chi connectivity index (χ0) is 11.5. The van der Waals surface area contributed by atoms with Gasteiger partial charge in [0.05, 0.1) is 0 Å². The van der Waals surface area contributed by atoms with E-state index in [4.69, 9.17) is 11.6 Å². The number of hydrogen-bond acceptors (Lipinski definition) is 2. The minimum atomic E-state index is -0.259. The van der Waals surface area contributed by atoms with E-state index in [1.807, 2.05) is 6.07 Å². The van der Waals surface area contributed by atoms with Crippen molar-refractivity contribution in [1.29, 1.82) is 0 Å². The summed E-state index contributed by atoms with van der Waals surface area (Å²) in [6.07, 6.45) is 0. The molecule has 0 aliphatic carbocycles. The molecule has 0 saturated carbocycles. The van der Waals surface area contributed by atoms with Crippen molar-refractivity contribution < 1.29 is 4.39 Å². The van der Waals surface area contributed by atoms with Crippen molar-refractivity contribution in [3.05, 3.63) is 34.6 Å². The molecule has 0 amide bonds. The zero-order valence-electron chi connectivity index (χ0n) is 9.75. The Morgan fingerprint density at radius 2 is 2.24 bits per heavy atom. The molecule has 2 nitrogen and oxygen atoms in total. The van der Waals surface area contributed by atoms with Gasteiger partial charge in [0.1, 0.15) is 5.82 Å². The molecule has 1 heterocycles. The first-order valence-corrected chi connectivity index (χ1v) is 5.92. The summed E-state index contributed by atoms with van der Waals surface area (Å²) < 4.78 is 13.1. The first-order valence-electron chi connectivity index (χ1n) is 5.54. The smallest absolute Gasteiger partial charge is 0.125 e. The van der Waals surface area contributed by atoms with E-state index < -0.39 is 0 Å². The molecule has 1 aliphatic rings. The Hall–Kier alpha value is -0.350. The van der Waals surface area contributed by atoms with Gasteiger partial charge in [-0.2, -0.15) is 0 Å². The molecule has 2 rings (SSSR count). The van der Waals surface area contributed by atoms with Gasteiger partial charge < -0.3 is 5.32 Å². The zero-order valence-corrected chi connectivity index (χ0v) is 11.3. The van der Waals surface area contributed by atoms with Crippen molar-refractivity contribution in [3.8, 4) is 0 Å². The van der Waals surface area contributed by atoms with Crippen LogP contribution in [0.15, 0.2) is 18.2 Å². The highest BCUT2D eigenvalue weighted by Crippen LogP contribution is 2.16. The average Bonchev–Trinajstić information content (AvgIpc) is 2.15. The summed E-state index contributed by atoms with van der Waals surface area (Å²) in [5, 5.41) is 3.85. The second kappa shape index (κ2) is 6.55. The molecular formula is C12H17Cl2FN2. The van der Waals surface area contributed by atoms with Gasteiger partial charge in [0.25, 0.3) is 0 Å². The topological polar surface area (TPSA) is 15.3 Å². The fourth-order valence-electron chi connectivity index (χ4n) is 2.12. The van der Waals surface area contributed by atoms with Crippen LogP contribution in [-0.4, -0.2) is 30.6 Å². The Balaban J connectivity index is 0.00000144. The molecule has 0 radical (unpaired) electrons. The highest BCUT2D eigenvalue weighted by Gasteiger charge is 2.15. The van der Waals surface area contributed by atoms with Gasteiger partial charge in [-0.05, 0) is 30.7 Å². The van der Waals surface area contributed by atoms with E-state index in [0.29, 0.717) is 11.1 Å². The third kappa shape index (κ3) is 4.43. The van der Waals surface area contributed by atoms with Crippen molar-refractivity contribution in [2.24, 2.45) is 0 Å². The minimum absolute atomic E-state index is 0. The Morgan fingerprint density at radius 1 is 1.47 bits per heavy atom. The third-order valence-corrected chi connectivity index (χ3v) is 3.00. The molecule has 1 aromatic carbocycles. The minimum Gasteiger partial charge on any atom is -0.312 e. The van der Waals surface area contributed by atoms with Gasteiger partial charge in [-0.1, -0.05) is 11.6 Å². The second-order valence-corrected chi connectivity index (χ2v) is 4.80. The summed E-state index contributed by atoms with van der Waals surface area (Å²) >= 11 is 5.83. The van der Waals surface area contributed by atoms with Crippen LogP contribution in [0.5, 0.6) is 0 Å². The summed E-state index contributed by atoms with van der Waals surface area (Å²) in [5.41, 5.74) is 0.944. The standard InChI is InChI=1S/C12H16ClFN2.ClH/c1-9-7-16(3-2-15-9)8-10-4-11(13)6-12(14)5-10;/h4-6,9,15H,2-3,7-8H2,1H3;1H/t9-;/m0./s1. The summed E-state index contributed by atoms with van der Waals surface area (Å²) in [7, 11) is 0. The normalized spacial score (nSPS) is 21.0. The maximum atomic E-state index is 13.1. The Labute approximate surface area is 113 Å². The van der Waals surface area contributed by atoms with Crippen LogP contribution in [0.1, 0.15) is 12.5 Å². The number of rotatable bonds is 2. The highest BCUT2D eigenvalue weighted by molar-refractivity contribution is 6.30. The van der Waals surface area contributed by atoms with E-state index in [1.165, 1.54) is 6.07 Å². The molecule has 1 fully saturated rings. The lowest BCUT2D eigenvalue weighted by atomic mass is 10.1. The summed E-state index contributed by atoms with van der Waals surface area (Å²) in [6, 6.07) is 5.22. The molecule has 0 spiro atoms. The molecule has 0 bridgehead atoms. The number of nitrogens with zero attached hydrogens (tertiary/aromatic N) is 1. The molecule has 1 aromatic rings. The predicted molar refractivity (Wildman–Crippen MR) is 71.4 cm³/mol. The highest BCUT2D eigenvalue weighted by atomic mass is 35.5. The molecule has 17 heavy (non-hydrogen) atoms. The van der Waals surface area contributed by atoms with Crippen LogP contribution in [0, 0.1) is 5.82 Å². The molecule has 1 atom stereocenters. The van der Waals surface area contributed by atoms with Gasteiger partial charge >= 0.3 is 0 Å². The van der Waals surface area contributed by atoms with Gasteiger partial charge in [-0.15, -0.1) is 12.4 Å². The van der Waals surface area contributed by atoms with Crippen molar-refractivity contribution >= 4 is 24.0 Å². The second-order valence-electron chi connectivity index (χ2n) is 4.37. The molecule has 5 heteroatoms. The van der Waals surface area contributed by atoms with Crippen LogP contribution >= 0.6 is 24.0 Å². The molecule has 1 saturated heterocycles. The molecule has 1 N–H and O–H groups in total. The van der Waals surface area contributed by atoms with Crippen molar-refractivity contribution in [2.45, 2.75) is 19.5 Å². The number of benzene rings is 1. The third-order valence-electron chi connectivity index (χ3n) is 2.78. The Bertz CT molecular complexity index is 353. The van der Waals surface area contributed by atoms with Crippen molar-refractivity contribution in [3.63, 3.8) is 0 Å². The maximum Gasteiger partial charge on any atom is 0.125 e. The largest absolute Gasteiger partial charge is 0.312 e. The van der Waals surface area contributed by atoms with Crippen molar-refractivity contribution in [2.75, 3.05) is 19.6 Å². The van der Waals surface area contributed by atoms with E-state index >= 15 is 0 Å². The van der Waals surface area contributed by atoms with E-state index in [9.17, 15) is 4.39 Å². The maximum absolute atomic E-state index is 13.1. The fraction of sp³-hybridized carbons (Fsp3) is 0.500. The first kappa shape index (κ1) is 14.7. The SMILES string of the molecule is C[C@H]1CN(Cc2cc(F)cc(Cl)c2)CCN1.Cl. The van der Waals surface area contributed by atoms with Crippen LogP contribution in [0.4, 0.5) is 4.39 Å². The van der Waals surface area contributed by atoms with Gasteiger partial charge in [-0.3, -0.25) is 4.90 Å². The monoisotopic (exact) mass is 278 g/mol. The van der Waals surface area contributed by atoms with Crippen LogP contribution in [0.25, 0.3) is 0 Å². The lowest BCUT2D eigenvalue weighted by molar-refractivity contribution is 0.199. The molecule has 1 aliphatic heterocycles. The summed E-state index contributed by atoms with van der Waals surface area (Å²) in [6.45, 7) is 5.91. The van der Waals surface area contributed by atoms with Crippen LogP contribution in [-0.2, 0) is 6.54 Å². The van der Waals surface area contributed by atoms with E-state index in [2.05, 4.69) is 17.1 Å². The van der Waals surface area contributed by atoms with Crippen molar-refractivity contribution in [1.82, 2.24) is 10.2 Å². The Kier molecular flexibility index (Phi) is 5.67. The lowest BCUT2D eigenvalue weighted by Crippen LogP contribution is -2.48. The number of nitrogens with one attached hydrogen (secondary N) is 1. The van der Waals surface area contributed by atoms with Crippen LogP contribution in [0.3, 0.4) is 0 Å². The molecule has 96 valence electrons. The molecule has 0 aromatic heterocycles. The molecule has 0 unspecified atom stereocenters. The fourth-order valence-corrected chi connectivity index (χ4v) is 2.36. The first-order chi connectivity index (χ1) is 7.63. The quantitative estimate of drug-likeness (QED) is 0.895. The van der Waals surface area contributed by atoms with Crippen LogP contribution in [0.2, 0.25) is 5.02 Å². The van der Waals surface area contributed by atoms with Gasteiger partial charge in [0, 0.05) is 37.2 Å². The van der Waals surface area contributed by atoms with Gasteiger partial charge in [0.15, 0.2) is 0 Å². The van der Waals surface area contributed by atoms with E-state index in [1.54, 1.807) is 6.07 Å². The van der Waals surface area contributed by atoms with E-state index in [-0.39, 0.29) is 18.2 Å². The lowest BCUT2D eigenvalue weighted by Gasteiger charge is -2.31. The van der Waals surface area contributed by atoms with E-state index in [0.717, 1.165) is 31.7 Å². The number of halogens is 3. The average molecular weight is 279 g/mol.